The monoisotopic (exact) mass is 430 g/mol. The second-order valence-corrected chi connectivity index (χ2v) is 8.55. The van der Waals surface area contributed by atoms with Gasteiger partial charge in [0.1, 0.15) is 5.75 Å². The average Bonchev–Trinajstić information content (AvgIpc) is 2.72. The molecular weight excluding hydrogens is 408 g/mol. The molecule has 0 saturated carbocycles. The number of hydrogen-bond donors (Lipinski definition) is 2. The number of nitriles is 1. The number of sulfonamides is 1. The molecule has 0 spiro atoms. The molecule has 0 radical (unpaired) electrons. The molecule has 30 heavy (non-hydrogen) atoms. The van der Waals surface area contributed by atoms with Crippen LogP contribution < -0.4 is 15.6 Å². The molecule has 10 heteroatoms. The van der Waals surface area contributed by atoms with E-state index in [0.717, 1.165) is 9.87 Å². The molecule has 9 nitrogen and oxygen atoms in total. The number of hydrazine groups is 1. The van der Waals surface area contributed by atoms with E-state index in [-0.39, 0.29) is 4.90 Å². The minimum atomic E-state index is -3.84. The number of nitrogens with zero attached hydrogens (tertiary/aromatic N) is 2. The Hall–Kier alpha value is -3.42. The van der Waals surface area contributed by atoms with Crippen LogP contribution in [-0.4, -0.2) is 44.2 Å². The molecule has 2 aromatic carbocycles. The van der Waals surface area contributed by atoms with Crippen LogP contribution in [-0.2, 0) is 19.6 Å². The smallest absolute Gasteiger partial charge is 0.279 e. The Bertz CT molecular complexity index is 1040. The number of carbonyl (C=O) groups is 2. The van der Waals surface area contributed by atoms with Gasteiger partial charge in [0.2, 0.25) is 10.0 Å². The van der Waals surface area contributed by atoms with E-state index < -0.39 is 34.5 Å². The van der Waals surface area contributed by atoms with E-state index in [1.165, 1.54) is 26.1 Å². The summed E-state index contributed by atoms with van der Waals surface area (Å²) >= 11 is 0. The Labute approximate surface area is 175 Å². The molecule has 0 heterocycles. The molecule has 2 N–H and O–H groups in total. The second kappa shape index (κ2) is 9.87. The van der Waals surface area contributed by atoms with E-state index in [1.54, 1.807) is 36.4 Å². The number of aryl methyl sites for hydroxylation is 1. The maximum Gasteiger partial charge on any atom is 0.279 e. The van der Waals surface area contributed by atoms with Crippen molar-refractivity contribution >= 4 is 21.8 Å². The molecule has 0 fully saturated rings. The summed E-state index contributed by atoms with van der Waals surface area (Å²) in [6.45, 7) is 2.83. The number of benzene rings is 2. The number of rotatable bonds is 7. The molecule has 0 saturated heterocycles. The summed E-state index contributed by atoms with van der Waals surface area (Å²) in [6.07, 6.45) is -0.938. The van der Waals surface area contributed by atoms with Gasteiger partial charge in [0.25, 0.3) is 11.8 Å². The normalized spacial score (nSPS) is 12.0. The van der Waals surface area contributed by atoms with Crippen molar-refractivity contribution in [3.63, 3.8) is 0 Å². The van der Waals surface area contributed by atoms with E-state index in [2.05, 4.69) is 10.9 Å². The van der Waals surface area contributed by atoms with Gasteiger partial charge in [0.15, 0.2) is 6.10 Å². The fraction of sp³-hybridized carbons (Fsp3) is 0.250. The molecular formula is C20H22N4O5S. The Morgan fingerprint density at radius 1 is 1.10 bits per heavy atom. The molecule has 0 aliphatic heterocycles. The van der Waals surface area contributed by atoms with Crippen molar-refractivity contribution in [2.45, 2.75) is 24.8 Å². The van der Waals surface area contributed by atoms with Gasteiger partial charge in [-0.15, -0.1) is 0 Å². The first-order valence-electron chi connectivity index (χ1n) is 8.92. The average molecular weight is 430 g/mol. The lowest BCUT2D eigenvalue weighted by atomic mass is 10.2. The Morgan fingerprint density at radius 3 is 2.27 bits per heavy atom. The third kappa shape index (κ3) is 6.04. The quantitative estimate of drug-likeness (QED) is 0.633. The highest BCUT2D eigenvalue weighted by atomic mass is 32.2. The number of ether oxygens (including phenoxy) is 1. The first kappa shape index (κ1) is 22.9. The molecule has 0 aliphatic rings. The second-order valence-electron chi connectivity index (χ2n) is 6.51. The summed E-state index contributed by atoms with van der Waals surface area (Å²) in [7, 11) is -2.57. The van der Waals surface area contributed by atoms with Gasteiger partial charge < -0.3 is 4.74 Å². The van der Waals surface area contributed by atoms with E-state index in [4.69, 9.17) is 10.00 Å². The maximum absolute atomic E-state index is 12.5. The molecule has 0 bridgehead atoms. The van der Waals surface area contributed by atoms with Crippen LogP contribution in [0.25, 0.3) is 0 Å². The summed E-state index contributed by atoms with van der Waals surface area (Å²) in [4.78, 5) is 24.2. The molecule has 2 amide bonds. The van der Waals surface area contributed by atoms with E-state index in [1.807, 2.05) is 13.0 Å². The number of carbonyl (C=O) groups excluding carboxylic acids is 2. The molecule has 0 aromatic heterocycles. The minimum Gasteiger partial charge on any atom is -0.481 e. The van der Waals surface area contributed by atoms with Crippen molar-refractivity contribution in [3.05, 3.63) is 59.7 Å². The molecule has 0 unspecified atom stereocenters. The van der Waals surface area contributed by atoms with Crippen LogP contribution in [0.3, 0.4) is 0 Å². The number of likely N-dealkylation sites (N-methyl/N-ethyl adjacent to an activating group) is 1. The van der Waals surface area contributed by atoms with Gasteiger partial charge >= 0.3 is 0 Å². The standard InChI is InChI=1S/C20H22N4O5S/c1-14-4-10-18(11-5-14)30(27,28)24(3)13-19(25)22-23-20(26)15(2)29-17-8-6-16(12-21)7-9-17/h4-11,15H,13H2,1-3H3,(H,22,25)(H,23,26)/t15-/m1/s1. The van der Waals surface area contributed by atoms with Gasteiger partial charge in [-0.05, 0) is 50.2 Å². The molecule has 1 atom stereocenters. The largest absolute Gasteiger partial charge is 0.481 e. The number of nitrogens with one attached hydrogen (secondary N) is 2. The van der Waals surface area contributed by atoms with Gasteiger partial charge in [-0.25, -0.2) is 8.42 Å². The van der Waals surface area contributed by atoms with Crippen molar-refractivity contribution in [2.24, 2.45) is 0 Å². The van der Waals surface area contributed by atoms with Crippen LogP contribution in [0.15, 0.2) is 53.4 Å². The van der Waals surface area contributed by atoms with Crippen molar-refractivity contribution in [1.29, 1.82) is 5.26 Å². The van der Waals surface area contributed by atoms with Gasteiger partial charge in [0, 0.05) is 7.05 Å². The zero-order valence-corrected chi connectivity index (χ0v) is 17.6. The molecule has 158 valence electrons. The summed E-state index contributed by atoms with van der Waals surface area (Å²) in [5, 5.41) is 8.77. The van der Waals surface area contributed by atoms with Crippen molar-refractivity contribution < 1.29 is 22.7 Å². The van der Waals surface area contributed by atoms with Gasteiger partial charge in [-0.2, -0.15) is 9.57 Å². The van der Waals surface area contributed by atoms with Crippen molar-refractivity contribution in [2.75, 3.05) is 13.6 Å². The van der Waals surface area contributed by atoms with Gasteiger partial charge in [-0.1, -0.05) is 17.7 Å². The fourth-order valence-corrected chi connectivity index (χ4v) is 3.44. The van der Waals surface area contributed by atoms with Crippen LogP contribution >= 0.6 is 0 Å². The highest BCUT2D eigenvalue weighted by Gasteiger charge is 2.23. The SMILES string of the molecule is Cc1ccc(S(=O)(=O)N(C)CC(=O)NNC(=O)[C@@H](C)Oc2ccc(C#N)cc2)cc1. The Morgan fingerprint density at radius 2 is 1.70 bits per heavy atom. The van der Waals surface area contributed by atoms with Gasteiger partial charge in [0.05, 0.1) is 23.1 Å². The zero-order valence-electron chi connectivity index (χ0n) is 16.7. The lowest BCUT2D eigenvalue weighted by molar-refractivity contribution is -0.132. The summed E-state index contributed by atoms with van der Waals surface area (Å²) in [5.41, 5.74) is 5.72. The lowest BCUT2D eigenvalue weighted by Crippen LogP contribution is -2.50. The van der Waals surface area contributed by atoms with Crippen LogP contribution in [0.4, 0.5) is 0 Å². The fourth-order valence-electron chi connectivity index (χ4n) is 2.32. The van der Waals surface area contributed by atoms with E-state index in [9.17, 15) is 18.0 Å². The zero-order chi connectivity index (χ0) is 22.3. The first-order chi connectivity index (χ1) is 14.1. The summed E-state index contributed by atoms with van der Waals surface area (Å²) in [6, 6.07) is 14.4. The van der Waals surface area contributed by atoms with E-state index in [0.29, 0.717) is 11.3 Å². The third-order valence-corrected chi connectivity index (χ3v) is 5.90. The molecule has 0 aliphatic carbocycles. The topological polar surface area (TPSA) is 129 Å². The van der Waals surface area contributed by atoms with Crippen LogP contribution in [0.2, 0.25) is 0 Å². The van der Waals surface area contributed by atoms with Crippen molar-refractivity contribution in [1.82, 2.24) is 15.2 Å². The first-order valence-corrected chi connectivity index (χ1v) is 10.4. The predicted octanol–water partition coefficient (Wildman–Crippen LogP) is 1.10. The predicted molar refractivity (Wildman–Crippen MR) is 109 cm³/mol. The summed E-state index contributed by atoms with van der Waals surface area (Å²) < 4.78 is 31.3. The highest BCUT2D eigenvalue weighted by molar-refractivity contribution is 7.89. The van der Waals surface area contributed by atoms with Gasteiger partial charge in [-0.3, -0.25) is 20.4 Å². The Balaban J connectivity index is 1.85. The third-order valence-electron chi connectivity index (χ3n) is 4.09. The van der Waals surface area contributed by atoms with E-state index >= 15 is 0 Å². The lowest BCUT2D eigenvalue weighted by Gasteiger charge is -2.18. The summed E-state index contributed by atoms with van der Waals surface area (Å²) in [5.74, 6) is -0.962. The maximum atomic E-state index is 12.5. The number of hydrogen-bond acceptors (Lipinski definition) is 6. The van der Waals surface area contributed by atoms with Crippen LogP contribution in [0.5, 0.6) is 5.75 Å². The van der Waals surface area contributed by atoms with Crippen LogP contribution in [0.1, 0.15) is 18.1 Å². The molecule has 2 rings (SSSR count). The van der Waals surface area contributed by atoms with Crippen molar-refractivity contribution in [3.8, 4) is 11.8 Å². The highest BCUT2D eigenvalue weighted by Crippen LogP contribution is 2.15. The Kier molecular flexibility index (Phi) is 7.52. The molecule has 2 aromatic rings. The van der Waals surface area contributed by atoms with Crippen LogP contribution in [0, 0.1) is 18.3 Å². The minimum absolute atomic E-state index is 0.0666. The number of amides is 2.